The van der Waals surface area contributed by atoms with Crippen LogP contribution in [-0.4, -0.2) is 22.4 Å². The van der Waals surface area contributed by atoms with Gasteiger partial charge in [-0.25, -0.2) is 0 Å². The zero-order valence-corrected chi connectivity index (χ0v) is 7.57. The predicted octanol–water partition coefficient (Wildman–Crippen LogP) is -0.366. The molecule has 0 amide bonds. The third-order valence-electron chi connectivity index (χ3n) is 1.55. The third-order valence-corrected chi connectivity index (χ3v) is 1.55. The Balaban J connectivity index is 2.85. The predicted molar refractivity (Wildman–Crippen MR) is 51.5 cm³/mol. The van der Waals surface area contributed by atoms with Crippen LogP contribution in [0.2, 0.25) is 0 Å². The van der Waals surface area contributed by atoms with E-state index in [4.69, 9.17) is 11.5 Å². The molecular formula is C7H12N6. The van der Waals surface area contributed by atoms with Gasteiger partial charge in [0, 0.05) is 11.3 Å². The van der Waals surface area contributed by atoms with Crippen molar-refractivity contribution in [3.05, 3.63) is 17.0 Å². The molecule has 1 heterocycles. The molecule has 0 aliphatic heterocycles. The van der Waals surface area contributed by atoms with E-state index < -0.39 is 0 Å². The highest BCUT2D eigenvalue weighted by molar-refractivity contribution is 5.83. The Morgan fingerprint density at radius 3 is 2.62 bits per heavy atom. The molecule has 70 valence electrons. The lowest BCUT2D eigenvalue weighted by Gasteiger charge is -1.88. The smallest absolute Gasteiger partial charge is 0.211 e. The minimum atomic E-state index is -0.0601. The van der Waals surface area contributed by atoms with Crippen molar-refractivity contribution in [2.24, 2.45) is 21.7 Å². The van der Waals surface area contributed by atoms with Crippen LogP contribution in [0.4, 0.5) is 0 Å². The number of H-pyrrole nitrogens is 1. The van der Waals surface area contributed by atoms with E-state index in [0.29, 0.717) is 0 Å². The molecule has 1 aromatic rings. The highest BCUT2D eigenvalue weighted by Crippen LogP contribution is 2.05. The molecule has 0 radical (unpaired) electrons. The number of aromatic amines is 1. The fraction of sp³-hybridized carbons (Fsp3) is 0.286. The van der Waals surface area contributed by atoms with Gasteiger partial charge in [0.1, 0.15) is 0 Å². The van der Waals surface area contributed by atoms with E-state index in [-0.39, 0.29) is 5.96 Å². The van der Waals surface area contributed by atoms with Gasteiger partial charge in [-0.2, -0.15) is 10.2 Å². The number of guanidine groups is 1. The topological polar surface area (TPSA) is 105 Å². The van der Waals surface area contributed by atoms with Crippen LogP contribution in [-0.2, 0) is 0 Å². The number of hydrogen-bond donors (Lipinski definition) is 3. The minimum Gasteiger partial charge on any atom is -0.369 e. The summed E-state index contributed by atoms with van der Waals surface area (Å²) in [6.45, 7) is 3.78. The van der Waals surface area contributed by atoms with Gasteiger partial charge in [-0.15, -0.1) is 5.10 Å². The van der Waals surface area contributed by atoms with Crippen molar-refractivity contribution in [1.29, 1.82) is 0 Å². The fourth-order valence-corrected chi connectivity index (χ4v) is 0.903. The van der Waals surface area contributed by atoms with Gasteiger partial charge in [0.2, 0.25) is 5.96 Å². The van der Waals surface area contributed by atoms with Crippen molar-refractivity contribution in [2.45, 2.75) is 13.8 Å². The van der Waals surface area contributed by atoms with Gasteiger partial charge in [0.25, 0.3) is 0 Å². The standard InChI is InChI=1S/C7H12N6/c1-4-6(5(2)12-11-4)3-10-13-7(8)9/h3H,1-2H3,(H,11,12)(H4,8,9,13)/b10-3+. The van der Waals surface area contributed by atoms with Gasteiger partial charge < -0.3 is 11.5 Å². The van der Waals surface area contributed by atoms with E-state index >= 15 is 0 Å². The van der Waals surface area contributed by atoms with Crippen molar-refractivity contribution in [3.8, 4) is 0 Å². The summed E-state index contributed by atoms with van der Waals surface area (Å²) in [5, 5.41) is 14.0. The molecule has 0 aliphatic rings. The fourth-order valence-electron chi connectivity index (χ4n) is 0.903. The number of aromatic nitrogens is 2. The molecule has 0 unspecified atom stereocenters. The molecule has 0 bridgehead atoms. The van der Waals surface area contributed by atoms with Crippen LogP contribution in [0, 0.1) is 13.8 Å². The van der Waals surface area contributed by atoms with Crippen molar-refractivity contribution in [2.75, 3.05) is 0 Å². The molecule has 6 heteroatoms. The van der Waals surface area contributed by atoms with Crippen LogP contribution < -0.4 is 11.5 Å². The minimum absolute atomic E-state index is 0.0601. The summed E-state index contributed by atoms with van der Waals surface area (Å²) in [5.74, 6) is -0.0601. The van der Waals surface area contributed by atoms with Crippen LogP contribution in [0.25, 0.3) is 0 Å². The molecule has 0 saturated carbocycles. The summed E-state index contributed by atoms with van der Waals surface area (Å²) in [4.78, 5) is 0. The Bertz CT molecular complexity index is 324. The summed E-state index contributed by atoms with van der Waals surface area (Å²) in [6, 6.07) is 0. The zero-order chi connectivity index (χ0) is 9.84. The molecule has 1 aromatic heterocycles. The SMILES string of the molecule is Cc1n[nH]c(C)c1/C=N/N=C(N)N. The maximum atomic E-state index is 5.10. The largest absolute Gasteiger partial charge is 0.369 e. The lowest BCUT2D eigenvalue weighted by molar-refractivity contribution is 1.02. The van der Waals surface area contributed by atoms with Gasteiger partial charge in [-0.1, -0.05) is 0 Å². The first-order valence-corrected chi connectivity index (χ1v) is 3.75. The summed E-state index contributed by atoms with van der Waals surface area (Å²) in [7, 11) is 0. The monoisotopic (exact) mass is 180 g/mol. The number of nitrogens with two attached hydrogens (primary N) is 2. The Hall–Kier alpha value is -1.85. The van der Waals surface area contributed by atoms with Crippen molar-refractivity contribution in [1.82, 2.24) is 10.2 Å². The number of rotatable bonds is 2. The van der Waals surface area contributed by atoms with Gasteiger partial charge in [-0.3, -0.25) is 5.10 Å². The highest BCUT2D eigenvalue weighted by atomic mass is 15.3. The van der Waals surface area contributed by atoms with Gasteiger partial charge in [-0.05, 0) is 13.8 Å². The van der Waals surface area contributed by atoms with E-state index in [1.54, 1.807) is 6.21 Å². The second kappa shape index (κ2) is 3.70. The van der Waals surface area contributed by atoms with Crippen molar-refractivity contribution >= 4 is 12.2 Å². The Morgan fingerprint density at radius 2 is 2.15 bits per heavy atom. The van der Waals surface area contributed by atoms with E-state index in [2.05, 4.69) is 20.4 Å². The quantitative estimate of drug-likeness (QED) is 0.328. The lowest BCUT2D eigenvalue weighted by Crippen LogP contribution is -2.21. The first kappa shape index (κ1) is 9.24. The normalized spacial score (nSPS) is 10.6. The van der Waals surface area contributed by atoms with E-state index in [0.717, 1.165) is 17.0 Å². The van der Waals surface area contributed by atoms with Gasteiger partial charge >= 0.3 is 0 Å². The van der Waals surface area contributed by atoms with Gasteiger partial charge in [0.15, 0.2) is 0 Å². The Labute approximate surface area is 75.7 Å². The van der Waals surface area contributed by atoms with Crippen LogP contribution >= 0.6 is 0 Å². The molecule has 0 fully saturated rings. The van der Waals surface area contributed by atoms with Crippen LogP contribution in [0.15, 0.2) is 10.2 Å². The Kier molecular flexibility index (Phi) is 2.63. The second-order valence-corrected chi connectivity index (χ2v) is 2.62. The molecule has 0 saturated heterocycles. The first-order valence-electron chi connectivity index (χ1n) is 3.75. The molecule has 5 N–H and O–H groups in total. The summed E-state index contributed by atoms with van der Waals surface area (Å²) >= 11 is 0. The molecule has 1 rings (SSSR count). The van der Waals surface area contributed by atoms with Crippen LogP contribution in [0.5, 0.6) is 0 Å². The maximum Gasteiger partial charge on any atom is 0.211 e. The molecule has 13 heavy (non-hydrogen) atoms. The molecule has 0 aliphatic carbocycles. The Morgan fingerprint density at radius 1 is 1.46 bits per heavy atom. The second-order valence-electron chi connectivity index (χ2n) is 2.62. The molecule has 0 aromatic carbocycles. The maximum absolute atomic E-state index is 5.10. The van der Waals surface area contributed by atoms with E-state index in [1.165, 1.54) is 0 Å². The van der Waals surface area contributed by atoms with Crippen LogP contribution in [0.1, 0.15) is 17.0 Å². The van der Waals surface area contributed by atoms with E-state index in [9.17, 15) is 0 Å². The third kappa shape index (κ3) is 2.29. The number of hydrogen-bond acceptors (Lipinski definition) is 3. The average molecular weight is 180 g/mol. The van der Waals surface area contributed by atoms with E-state index in [1.807, 2.05) is 13.8 Å². The van der Waals surface area contributed by atoms with Crippen molar-refractivity contribution in [3.63, 3.8) is 0 Å². The lowest BCUT2D eigenvalue weighted by atomic mass is 10.2. The first-order chi connectivity index (χ1) is 6.11. The highest BCUT2D eigenvalue weighted by Gasteiger charge is 2.01. The van der Waals surface area contributed by atoms with Gasteiger partial charge in [0.05, 0.1) is 11.9 Å². The molecule has 0 spiro atoms. The van der Waals surface area contributed by atoms with Crippen molar-refractivity contribution < 1.29 is 0 Å². The number of nitrogens with zero attached hydrogens (tertiary/aromatic N) is 3. The summed E-state index contributed by atoms with van der Waals surface area (Å²) < 4.78 is 0. The molecular weight excluding hydrogens is 168 g/mol. The molecule has 6 nitrogen and oxygen atoms in total. The molecule has 0 atom stereocenters. The average Bonchev–Trinajstić information content (AvgIpc) is 2.34. The summed E-state index contributed by atoms with van der Waals surface area (Å²) in [5.41, 5.74) is 12.9. The van der Waals surface area contributed by atoms with Crippen LogP contribution in [0.3, 0.4) is 0 Å². The number of aryl methyl sites for hydroxylation is 2. The zero-order valence-electron chi connectivity index (χ0n) is 7.57. The summed E-state index contributed by atoms with van der Waals surface area (Å²) in [6.07, 6.45) is 1.56. The number of nitrogens with one attached hydrogen (secondary N) is 1.